The van der Waals surface area contributed by atoms with E-state index in [0.29, 0.717) is 24.5 Å². The Kier molecular flexibility index (Phi) is 6.29. The Morgan fingerprint density at radius 3 is 2.58 bits per heavy atom. The van der Waals surface area contributed by atoms with Gasteiger partial charge in [-0.3, -0.25) is 0 Å². The van der Waals surface area contributed by atoms with Crippen LogP contribution in [0, 0.1) is 11.8 Å². The highest BCUT2D eigenvalue weighted by Crippen LogP contribution is 2.31. The van der Waals surface area contributed by atoms with Crippen molar-refractivity contribution >= 4 is 15.5 Å². The van der Waals surface area contributed by atoms with Crippen molar-refractivity contribution in [2.24, 2.45) is 5.16 Å². The zero-order chi connectivity index (χ0) is 19.4. The highest BCUT2D eigenvalue weighted by molar-refractivity contribution is 7.92. The van der Waals surface area contributed by atoms with Gasteiger partial charge in [0.1, 0.15) is 23.2 Å². The molecule has 2 N–H and O–H groups in total. The summed E-state index contributed by atoms with van der Waals surface area (Å²) in [6.45, 7) is 3.35. The van der Waals surface area contributed by atoms with Gasteiger partial charge < -0.3 is 19.8 Å². The van der Waals surface area contributed by atoms with E-state index in [2.05, 4.69) is 17.0 Å². The number of hydrogen-bond donors (Lipinski definition) is 2. The molecule has 0 fully saturated rings. The molecular weight excluding hydrogens is 358 g/mol. The maximum absolute atomic E-state index is 11.9. The molecule has 1 aliphatic heterocycles. The van der Waals surface area contributed by atoms with Gasteiger partial charge in [0.2, 0.25) is 0 Å². The molecule has 0 aromatic heterocycles. The Balaban J connectivity index is 2.02. The van der Waals surface area contributed by atoms with Gasteiger partial charge >= 0.3 is 0 Å². The average molecular weight is 381 g/mol. The lowest BCUT2D eigenvalue weighted by atomic mass is 9.96. The number of aliphatic hydroxyl groups is 2. The van der Waals surface area contributed by atoms with Crippen molar-refractivity contribution in [2.45, 2.75) is 43.8 Å². The highest BCUT2D eigenvalue weighted by atomic mass is 32.2. The second-order valence-electron chi connectivity index (χ2n) is 6.37. The van der Waals surface area contributed by atoms with E-state index in [4.69, 9.17) is 9.57 Å². The van der Waals surface area contributed by atoms with Crippen LogP contribution in [-0.2, 0) is 14.7 Å². The van der Waals surface area contributed by atoms with Gasteiger partial charge in [0, 0.05) is 19.1 Å². The fourth-order valence-electron chi connectivity index (χ4n) is 2.54. The molecule has 0 saturated heterocycles. The third kappa shape index (κ3) is 4.55. The Bertz CT molecular complexity index is 819. The minimum atomic E-state index is -3.71. The third-order valence-electron chi connectivity index (χ3n) is 4.43. The van der Waals surface area contributed by atoms with E-state index in [0.717, 1.165) is 11.8 Å². The van der Waals surface area contributed by atoms with Crippen molar-refractivity contribution in [1.82, 2.24) is 0 Å². The van der Waals surface area contributed by atoms with Crippen molar-refractivity contribution in [3.05, 3.63) is 29.8 Å². The summed E-state index contributed by atoms with van der Waals surface area (Å²) in [5.74, 6) is 6.24. The molecule has 0 amide bonds. The quantitative estimate of drug-likeness (QED) is 0.541. The maximum Gasteiger partial charge on any atom is 0.171 e. The first kappa shape index (κ1) is 20.2. The smallest absolute Gasteiger partial charge is 0.171 e. The second kappa shape index (κ2) is 8.08. The van der Waals surface area contributed by atoms with Crippen molar-refractivity contribution < 1.29 is 28.2 Å². The zero-order valence-corrected chi connectivity index (χ0v) is 15.8. The normalized spacial score (nSPS) is 19.2. The van der Waals surface area contributed by atoms with Crippen molar-refractivity contribution in [3.63, 3.8) is 0 Å². The molecule has 1 aliphatic rings. The van der Waals surface area contributed by atoms with Crippen LogP contribution in [-0.4, -0.2) is 54.3 Å². The predicted octanol–water partition coefficient (Wildman–Crippen LogP) is 1.09. The summed E-state index contributed by atoms with van der Waals surface area (Å²) in [4.78, 5) is 5.32. The summed E-state index contributed by atoms with van der Waals surface area (Å²) in [5.41, 5.74) is 1.49. The molecule has 8 heteroatoms. The predicted molar refractivity (Wildman–Crippen MR) is 97.5 cm³/mol. The number of hydrogen-bond acceptors (Lipinski definition) is 7. The van der Waals surface area contributed by atoms with Crippen LogP contribution < -0.4 is 4.74 Å². The SMILES string of the molecule is CC#CCOc1ccc(C2=NOC(CC(C)(C(O)O)S(C)(=O)=O)C2)cc1. The van der Waals surface area contributed by atoms with Gasteiger partial charge in [-0.2, -0.15) is 0 Å². The number of nitrogens with zero attached hydrogens (tertiary/aromatic N) is 1. The third-order valence-corrected chi connectivity index (χ3v) is 6.51. The zero-order valence-electron chi connectivity index (χ0n) is 15.0. The number of aliphatic hydroxyl groups excluding tert-OH is 1. The van der Waals surface area contributed by atoms with E-state index in [9.17, 15) is 18.6 Å². The number of benzene rings is 1. The summed E-state index contributed by atoms with van der Waals surface area (Å²) < 4.78 is 27.6. The fourth-order valence-corrected chi connectivity index (χ4v) is 3.42. The molecule has 1 heterocycles. The highest BCUT2D eigenvalue weighted by Gasteiger charge is 2.45. The molecule has 0 aliphatic carbocycles. The van der Waals surface area contributed by atoms with Gasteiger partial charge in [-0.05, 0) is 43.7 Å². The summed E-state index contributed by atoms with van der Waals surface area (Å²) in [6.07, 6.45) is -1.28. The Labute approximate surface area is 153 Å². The molecule has 1 aromatic rings. The average Bonchev–Trinajstić information content (AvgIpc) is 3.03. The van der Waals surface area contributed by atoms with Gasteiger partial charge in [-0.1, -0.05) is 11.1 Å². The molecule has 0 bridgehead atoms. The molecule has 1 aromatic carbocycles. The van der Waals surface area contributed by atoms with E-state index < -0.39 is 27.0 Å². The first-order valence-corrected chi connectivity index (χ1v) is 9.98. The fraction of sp³-hybridized carbons (Fsp3) is 0.500. The first-order valence-electron chi connectivity index (χ1n) is 8.08. The topological polar surface area (TPSA) is 105 Å². The van der Waals surface area contributed by atoms with E-state index >= 15 is 0 Å². The standard InChI is InChI=1S/C18H23NO6S/c1-4-5-10-24-14-8-6-13(7-9-14)16-11-15(25-19-16)12-18(2,17(20)21)26(3,22)23/h6-9,15,17,20-21H,10-12H2,1-3H3. The van der Waals surface area contributed by atoms with Crippen LogP contribution in [0.3, 0.4) is 0 Å². The number of oxime groups is 1. The molecule has 2 rings (SSSR count). The van der Waals surface area contributed by atoms with Gasteiger partial charge in [0.25, 0.3) is 0 Å². The monoisotopic (exact) mass is 381 g/mol. The minimum Gasteiger partial charge on any atom is -0.481 e. The molecule has 142 valence electrons. The van der Waals surface area contributed by atoms with E-state index in [1.54, 1.807) is 19.1 Å². The number of sulfone groups is 1. The Hall–Kier alpha value is -2.08. The van der Waals surface area contributed by atoms with Crippen LogP contribution in [0.5, 0.6) is 5.75 Å². The van der Waals surface area contributed by atoms with E-state index in [1.165, 1.54) is 6.92 Å². The summed E-state index contributed by atoms with van der Waals surface area (Å²) in [6, 6.07) is 7.24. The molecule has 0 saturated carbocycles. The number of ether oxygens (including phenoxy) is 1. The second-order valence-corrected chi connectivity index (χ2v) is 8.85. The molecule has 26 heavy (non-hydrogen) atoms. The van der Waals surface area contributed by atoms with Crippen molar-refractivity contribution in [1.29, 1.82) is 0 Å². The van der Waals surface area contributed by atoms with Crippen LogP contribution in [0.25, 0.3) is 0 Å². The number of rotatable bonds is 7. The lowest BCUT2D eigenvalue weighted by Gasteiger charge is -2.30. The summed E-state index contributed by atoms with van der Waals surface area (Å²) >= 11 is 0. The lowest BCUT2D eigenvalue weighted by Crippen LogP contribution is -2.48. The lowest BCUT2D eigenvalue weighted by molar-refractivity contribution is -0.0797. The van der Waals surface area contributed by atoms with E-state index in [-0.39, 0.29) is 6.42 Å². The van der Waals surface area contributed by atoms with Gasteiger partial charge in [0.05, 0.1) is 5.71 Å². The molecule has 0 spiro atoms. The van der Waals surface area contributed by atoms with Gasteiger partial charge in [-0.25, -0.2) is 8.42 Å². The first-order chi connectivity index (χ1) is 12.2. The largest absolute Gasteiger partial charge is 0.481 e. The van der Waals surface area contributed by atoms with Crippen LogP contribution in [0.2, 0.25) is 0 Å². The van der Waals surface area contributed by atoms with Gasteiger partial charge in [-0.15, -0.1) is 5.92 Å². The minimum absolute atomic E-state index is 0.0760. The Morgan fingerprint density at radius 1 is 1.38 bits per heavy atom. The van der Waals surface area contributed by atoms with Gasteiger partial charge in [0.15, 0.2) is 16.1 Å². The van der Waals surface area contributed by atoms with E-state index in [1.807, 2.05) is 12.1 Å². The van der Waals surface area contributed by atoms with Crippen LogP contribution >= 0.6 is 0 Å². The van der Waals surface area contributed by atoms with Crippen LogP contribution in [0.15, 0.2) is 29.4 Å². The molecule has 2 atom stereocenters. The van der Waals surface area contributed by atoms with Crippen molar-refractivity contribution in [2.75, 3.05) is 12.9 Å². The summed E-state index contributed by atoms with van der Waals surface area (Å²) in [7, 11) is -3.71. The van der Waals surface area contributed by atoms with Crippen molar-refractivity contribution in [3.8, 4) is 17.6 Å². The summed E-state index contributed by atoms with van der Waals surface area (Å²) in [5, 5.41) is 23.1. The molecule has 7 nitrogen and oxygen atoms in total. The Morgan fingerprint density at radius 2 is 2.04 bits per heavy atom. The van der Waals surface area contributed by atoms with Crippen LogP contribution in [0.4, 0.5) is 0 Å². The molecule has 0 radical (unpaired) electrons. The molecule has 2 unspecified atom stereocenters. The molecular formula is C18H23NO6S. The maximum atomic E-state index is 11.9. The van der Waals surface area contributed by atoms with Crippen LogP contribution in [0.1, 0.15) is 32.3 Å².